The molecule has 0 radical (unpaired) electrons. The van der Waals surface area contributed by atoms with Gasteiger partial charge in [-0.3, -0.25) is 24.6 Å². The van der Waals surface area contributed by atoms with Gasteiger partial charge < -0.3 is 5.32 Å². The molecule has 1 aromatic heterocycles. The minimum Gasteiger partial charge on any atom is -0.355 e. The lowest BCUT2D eigenvalue weighted by atomic mass is 10.4. The molecule has 1 aromatic rings. The van der Waals surface area contributed by atoms with Crippen LogP contribution < -0.4 is 16.6 Å². The van der Waals surface area contributed by atoms with E-state index in [1.54, 1.807) is 0 Å². The summed E-state index contributed by atoms with van der Waals surface area (Å²) in [5.41, 5.74) is 2.15. The number of nitrogens with two attached hydrogens (primary N) is 1. The fourth-order valence-electron chi connectivity index (χ4n) is 1.50. The summed E-state index contributed by atoms with van der Waals surface area (Å²) in [7, 11) is 1.84. The Bertz CT molecular complexity index is 446. The fraction of sp³-hybridized carbons (Fsp3) is 0.636. The maximum atomic E-state index is 11.5. The van der Waals surface area contributed by atoms with Gasteiger partial charge in [0.1, 0.15) is 0 Å². The predicted molar refractivity (Wildman–Crippen MR) is 72.5 cm³/mol. The summed E-state index contributed by atoms with van der Waals surface area (Å²) >= 11 is 0. The molecule has 0 spiro atoms. The summed E-state index contributed by atoms with van der Waals surface area (Å²) in [5.74, 6) is 4.51. The van der Waals surface area contributed by atoms with Crippen molar-refractivity contribution < 1.29 is 9.59 Å². The summed E-state index contributed by atoms with van der Waals surface area (Å²) in [4.78, 5) is 24.6. The average Bonchev–Trinajstić information content (AvgIpc) is 2.91. The Balaban J connectivity index is 2.33. The molecule has 0 fully saturated rings. The van der Waals surface area contributed by atoms with Gasteiger partial charge in [-0.05, 0) is 13.5 Å². The zero-order valence-electron chi connectivity index (χ0n) is 11.8. The van der Waals surface area contributed by atoms with Crippen LogP contribution in [-0.4, -0.2) is 58.4 Å². The molecule has 9 nitrogen and oxygen atoms in total. The van der Waals surface area contributed by atoms with Crippen molar-refractivity contribution in [2.45, 2.75) is 19.9 Å². The van der Waals surface area contributed by atoms with E-state index in [4.69, 9.17) is 5.84 Å². The molecular formula is C11H21N7O2. The third kappa shape index (κ3) is 5.33. The van der Waals surface area contributed by atoms with E-state index in [0.717, 1.165) is 6.42 Å². The Hall–Kier alpha value is -2.00. The van der Waals surface area contributed by atoms with E-state index < -0.39 is 5.91 Å². The molecule has 0 aromatic carbocycles. The van der Waals surface area contributed by atoms with Gasteiger partial charge in [0.05, 0.1) is 19.3 Å². The summed E-state index contributed by atoms with van der Waals surface area (Å²) in [6, 6.07) is 0. The van der Waals surface area contributed by atoms with Crippen LogP contribution in [0, 0.1) is 0 Å². The highest BCUT2D eigenvalue weighted by molar-refractivity contribution is 5.91. The molecule has 9 heteroatoms. The second-order valence-corrected chi connectivity index (χ2v) is 4.43. The van der Waals surface area contributed by atoms with Gasteiger partial charge in [-0.15, -0.1) is 5.10 Å². The second-order valence-electron chi connectivity index (χ2n) is 4.43. The van der Waals surface area contributed by atoms with Gasteiger partial charge in [0.25, 0.3) is 5.91 Å². The van der Waals surface area contributed by atoms with Crippen LogP contribution in [0.3, 0.4) is 0 Å². The molecule has 112 valence electrons. The van der Waals surface area contributed by atoms with Crippen molar-refractivity contribution in [2.24, 2.45) is 5.84 Å². The van der Waals surface area contributed by atoms with E-state index in [1.807, 2.05) is 24.3 Å². The zero-order valence-corrected chi connectivity index (χ0v) is 11.8. The molecule has 0 aliphatic heterocycles. The molecule has 0 bridgehead atoms. The Labute approximate surface area is 117 Å². The minimum atomic E-state index is -0.483. The van der Waals surface area contributed by atoms with E-state index in [1.165, 1.54) is 10.9 Å². The molecule has 0 aliphatic rings. The lowest BCUT2D eigenvalue weighted by molar-refractivity contribution is -0.121. The number of carbonyl (C=O) groups is 2. The highest BCUT2D eigenvalue weighted by atomic mass is 16.2. The van der Waals surface area contributed by atoms with Crippen molar-refractivity contribution in [1.29, 1.82) is 0 Å². The lowest BCUT2D eigenvalue weighted by Crippen LogP contribution is -2.36. The van der Waals surface area contributed by atoms with Crippen molar-refractivity contribution in [1.82, 2.24) is 30.6 Å². The van der Waals surface area contributed by atoms with Crippen LogP contribution in [-0.2, 0) is 11.3 Å². The number of amides is 2. The summed E-state index contributed by atoms with van der Waals surface area (Å²) in [6.07, 6.45) is 2.42. The first-order valence-electron chi connectivity index (χ1n) is 6.43. The maximum Gasteiger partial charge on any atom is 0.287 e. The monoisotopic (exact) mass is 283 g/mol. The van der Waals surface area contributed by atoms with Gasteiger partial charge in [0.15, 0.2) is 5.69 Å². The molecule has 0 saturated heterocycles. The van der Waals surface area contributed by atoms with Gasteiger partial charge in [-0.1, -0.05) is 12.1 Å². The molecular weight excluding hydrogens is 262 g/mol. The number of carbonyl (C=O) groups excluding carboxylic acids is 2. The van der Waals surface area contributed by atoms with Crippen molar-refractivity contribution in [3.63, 3.8) is 0 Å². The molecule has 2 amide bonds. The number of nitrogens with zero attached hydrogens (tertiary/aromatic N) is 4. The van der Waals surface area contributed by atoms with Crippen molar-refractivity contribution >= 4 is 11.8 Å². The van der Waals surface area contributed by atoms with Crippen molar-refractivity contribution in [2.75, 3.05) is 26.7 Å². The molecule has 0 atom stereocenters. The Kier molecular flexibility index (Phi) is 6.60. The lowest BCUT2D eigenvalue weighted by Gasteiger charge is -2.15. The largest absolute Gasteiger partial charge is 0.355 e. The van der Waals surface area contributed by atoms with Crippen LogP contribution in [0.5, 0.6) is 0 Å². The van der Waals surface area contributed by atoms with E-state index in [2.05, 4.69) is 15.6 Å². The van der Waals surface area contributed by atoms with E-state index in [9.17, 15) is 9.59 Å². The first-order chi connectivity index (χ1) is 9.56. The molecule has 0 saturated carbocycles. The minimum absolute atomic E-state index is 0.00358. The first kappa shape index (κ1) is 16.1. The molecule has 20 heavy (non-hydrogen) atoms. The normalized spacial score (nSPS) is 10.6. The number of hydrogen-bond acceptors (Lipinski definition) is 6. The van der Waals surface area contributed by atoms with Crippen molar-refractivity contribution in [3.05, 3.63) is 11.9 Å². The fourth-order valence-corrected chi connectivity index (χ4v) is 1.50. The van der Waals surface area contributed by atoms with Gasteiger partial charge in [0.2, 0.25) is 5.91 Å². The number of hydrogen-bond donors (Lipinski definition) is 3. The average molecular weight is 283 g/mol. The quantitative estimate of drug-likeness (QED) is 0.298. The first-order valence-corrected chi connectivity index (χ1v) is 6.43. The van der Waals surface area contributed by atoms with Crippen molar-refractivity contribution in [3.8, 4) is 0 Å². The van der Waals surface area contributed by atoms with Crippen LogP contribution >= 0.6 is 0 Å². The number of aromatic nitrogens is 3. The van der Waals surface area contributed by atoms with Gasteiger partial charge in [-0.25, -0.2) is 5.84 Å². The molecule has 1 rings (SSSR count). The van der Waals surface area contributed by atoms with Crippen LogP contribution in [0.4, 0.5) is 0 Å². The van der Waals surface area contributed by atoms with Crippen LogP contribution in [0.15, 0.2) is 6.20 Å². The number of likely N-dealkylation sites (N-methyl/N-ethyl adjacent to an activating group) is 1. The van der Waals surface area contributed by atoms with E-state index >= 15 is 0 Å². The zero-order chi connectivity index (χ0) is 15.0. The highest BCUT2D eigenvalue weighted by Crippen LogP contribution is 1.93. The number of nitrogen functional groups attached to an aromatic ring is 1. The van der Waals surface area contributed by atoms with Crippen LogP contribution in [0.25, 0.3) is 0 Å². The Morgan fingerprint density at radius 2 is 2.25 bits per heavy atom. The second kappa shape index (κ2) is 8.23. The summed E-state index contributed by atoms with van der Waals surface area (Å²) in [6.45, 7) is 4.16. The smallest absolute Gasteiger partial charge is 0.287 e. The number of rotatable bonds is 8. The van der Waals surface area contributed by atoms with E-state index in [-0.39, 0.29) is 11.6 Å². The predicted octanol–water partition coefficient (Wildman–Crippen LogP) is -1.66. The van der Waals surface area contributed by atoms with E-state index in [0.29, 0.717) is 26.2 Å². The van der Waals surface area contributed by atoms with Gasteiger partial charge in [-0.2, -0.15) is 0 Å². The molecule has 0 unspecified atom stereocenters. The third-order valence-corrected chi connectivity index (χ3v) is 2.60. The molecule has 1 heterocycles. The highest BCUT2D eigenvalue weighted by Gasteiger charge is 2.10. The Morgan fingerprint density at radius 3 is 2.90 bits per heavy atom. The standard InChI is InChI=1S/C11H21N7O2/c1-3-4-13-10(19)8-17(2)5-6-18-7-9(15-16-18)11(20)14-12/h7H,3-6,8,12H2,1-2H3,(H,13,19)(H,14,20). The van der Waals surface area contributed by atoms with Crippen LogP contribution in [0.1, 0.15) is 23.8 Å². The maximum absolute atomic E-state index is 11.5. The SMILES string of the molecule is CCCNC(=O)CN(C)CCn1cc(C(=O)NN)nn1. The summed E-state index contributed by atoms with van der Waals surface area (Å²) in [5, 5.41) is 10.3. The molecule has 4 N–H and O–H groups in total. The summed E-state index contributed by atoms with van der Waals surface area (Å²) < 4.78 is 1.53. The molecule has 0 aliphatic carbocycles. The Morgan fingerprint density at radius 1 is 1.50 bits per heavy atom. The number of hydrazine groups is 1. The number of nitrogens with one attached hydrogen (secondary N) is 2. The van der Waals surface area contributed by atoms with Gasteiger partial charge >= 0.3 is 0 Å². The van der Waals surface area contributed by atoms with Gasteiger partial charge in [0, 0.05) is 13.1 Å². The third-order valence-electron chi connectivity index (χ3n) is 2.60. The van der Waals surface area contributed by atoms with Crippen LogP contribution in [0.2, 0.25) is 0 Å². The topological polar surface area (TPSA) is 118 Å².